The molecule has 1 heterocycles. The fourth-order valence-corrected chi connectivity index (χ4v) is 1.16. The number of ether oxygens (including phenoxy) is 1. The Hall–Kier alpha value is -2.22. The Morgan fingerprint density at radius 1 is 1.42 bits per heavy atom. The molecule has 0 aliphatic carbocycles. The molecule has 0 aliphatic rings. The lowest BCUT2D eigenvalue weighted by Gasteiger charge is -2.16. The summed E-state index contributed by atoms with van der Waals surface area (Å²) in [7, 11) is 0. The van der Waals surface area contributed by atoms with Crippen LogP contribution in [0.5, 0.6) is 5.75 Å². The van der Waals surface area contributed by atoms with E-state index in [1.165, 1.54) is 12.4 Å². The number of hydrogen-bond donors (Lipinski definition) is 3. The highest BCUT2D eigenvalue weighted by molar-refractivity contribution is 5.90. The van der Waals surface area contributed by atoms with Crippen molar-refractivity contribution in [3.05, 3.63) is 18.2 Å². The van der Waals surface area contributed by atoms with Gasteiger partial charge in [0.25, 0.3) is 5.91 Å². The molecule has 0 saturated heterocycles. The summed E-state index contributed by atoms with van der Waals surface area (Å²) in [6.07, 6.45) is 1.76. The van der Waals surface area contributed by atoms with Gasteiger partial charge in [0.05, 0.1) is 18.0 Å². The van der Waals surface area contributed by atoms with Gasteiger partial charge in [-0.2, -0.15) is 0 Å². The lowest BCUT2D eigenvalue weighted by molar-refractivity contribution is 0.0691. The SMILES string of the molecule is CC(C)(O)CCNC(=O)c1ncc(OC(N)=O)cn1. The highest BCUT2D eigenvalue weighted by Gasteiger charge is 2.14. The quantitative estimate of drug-likeness (QED) is 0.680. The number of rotatable bonds is 5. The van der Waals surface area contributed by atoms with E-state index in [9.17, 15) is 14.7 Å². The Morgan fingerprint density at radius 3 is 2.47 bits per heavy atom. The average Bonchev–Trinajstić information content (AvgIpc) is 2.27. The maximum atomic E-state index is 11.6. The van der Waals surface area contributed by atoms with Crippen LogP contribution in [0.25, 0.3) is 0 Å². The maximum absolute atomic E-state index is 11.6. The number of nitrogens with two attached hydrogens (primary N) is 1. The number of carbonyl (C=O) groups is 2. The van der Waals surface area contributed by atoms with Gasteiger partial charge in [-0.15, -0.1) is 0 Å². The third-order valence-corrected chi connectivity index (χ3v) is 2.07. The average molecular weight is 268 g/mol. The van der Waals surface area contributed by atoms with Crippen LogP contribution in [0.3, 0.4) is 0 Å². The first-order valence-corrected chi connectivity index (χ1v) is 5.58. The molecule has 0 saturated carbocycles. The maximum Gasteiger partial charge on any atom is 0.410 e. The molecule has 0 atom stereocenters. The number of amides is 2. The van der Waals surface area contributed by atoms with Crippen LogP contribution < -0.4 is 15.8 Å². The van der Waals surface area contributed by atoms with Crippen molar-refractivity contribution in [2.45, 2.75) is 25.9 Å². The van der Waals surface area contributed by atoms with Gasteiger partial charge < -0.3 is 20.9 Å². The van der Waals surface area contributed by atoms with Gasteiger partial charge in [-0.05, 0) is 20.3 Å². The summed E-state index contributed by atoms with van der Waals surface area (Å²) in [5.74, 6) is -0.483. The van der Waals surface area contributed by atoms with Gasteiger partial charge in [0.1, 0.15) is 0 Å². The number of primary amides is 1. The molecular weight excluding hydrogens is 252 g/mol. The second-order valence-corrected chi connectivity index (χ2v) is 4.48. The standard InChI is InChI=1S/C11H16N4O4/c1-11(2,18)3-4-13-9(16)8-14-5-7(6-15-8)19-10(12)17/h5-6,18H,3-4H2,1-2H3,(H2,12,17)(H,13,16). The van der Waals surface area contributed by atoms with E-state index in [2.05, 4.69) is 20.0 Å². The number of aromatic nitrogens is 2. The number of nitrogens with one attached hydrogen (secondary N) is 1. The van der Waals surface area contributed by atoms with Gasteiger partial charge in [0.15, 0.2) is 5.75 Å². The molecule has 1 aromatic rings. The van der Waals surface area contributed by atoms with Crippen LogP contribution in [0.2, 0.25) is 0 Å². The van der Waals surface area contributed by atoms with Crippen molar-refractivity contribution in [3.8, 4) is 5.75 Å². The number of hydrogen-bond acceptors (Lipinski definition) is 6. The molecule has 0 aliphatic heterocycles. The van der Waals surface area contributed by atoms with Crippen LogP contribution in [0.1, 0.15) is 30.9 Å². The van der Waals surface area contributed by atoms with E-state index in [-0.39, 0.29) is 11.6 Å². The lowest BCUT2D eigenvalue weighted by Crippen LogP contribution is -2.31. The monoisotopic (exact) mass is 268 g/mol. The van der Waals surface area contributed by atoms with Crippen molar-refractivity contribution in [3.63, 3.8) is 0 Å². The number of aliphatic hydroxyl groups is 1. The van der Waals surface area contributed by atoms with Crippen LogP contribution in [-0.2, 0) is 0 Å². The zero-order valence-corrected chi connectivity index (χ0v) is 10.7. The van der Waals surface area contributed by atoms with Crippen LogP contribution in [-0.4, -0.2) is 39.2 Å². The summed E-state index contributed by atoms with van der Waals surface area (Å²) >= 11 is 0. The number of carbonyl (C=O) groups excluding carboxylic acids is 2. The van der Waals surface area contributed by atoms with Crippen molar-refractivity contribution >= 4 is 12.0 Å². The van der Waals surface area contributed by atoms with Gasteiger partial charge >= 0.3 is 6.09 Å². The Bertz CT molecular complexity index is 453. The summed E-state index contributed by atoms with van der Waals surface area (Å²) in [6, 6.07) is 0. The van der Waals surface area contributed by atoms with E-state index in [4.69, 9.17) is 5.73 Å². The van der Waals surface area contributed by atoms with Gasteiger partial charge in [0, 0.05) is 6.54 Å². The molecule has 1 rings (SSSR count). The molecule has 0 spiro atoms. The van der Waals surface area contributed by atoms with Gasteiger partial charge in [0.2, 0.25) is 5.82 Å². The third-order valence-electron chi connectivity index (χ3n) is 2.07. The summed E-state index contributed by atoms with van der Waals surface area (Å²) in [4.78, 5) is 29.5. The van der Waals surface area contributed by atoms with Gasteiger partial charge in [-0.25, -0.2) is 14.8 Å². The molecule has 0 fully saturated rings. The Kier molecular flexibility index (Phi) is 4.76. The van der Waals surface area contributed by atoms with E-state index in [1.807, 2.05) is 0 Å². The van der Waals surface area contributed by atoms with Crippen LogP contribution in [0.4, 0.5) is 4.79 Å². The van der Waals surface area contributed by atoms with Crippen molar-refractivity contribution in [1.82, 2.24) is 15.3 Å². The number of nitrogens with zero attached hydrogens (tertiary/aromatic N) is 2. The topological polar surface area (TPSA) is 127 Å². The van der Waals surface area contributed by atoms with Crippen LogP contribution >= 0.6 is 0 Å². The Morgan fingerprint density at radius 2 is 2.00 bits per heavy atom. The molecule has 0 radical (unpaired) electrons. The molecule has 104 valence electrons. The largest absolute Gasteiger partial charge is 0.410 e. The summed E-state index contributed by atoms with van der Waals surface area (Å²) in [5.41, 5.74) is 3.96. The smallest absolute Gasteiger partial charge is 0.407 e. The minimum atomic E-state index is -0.981. The van der Waals surface area contributed by atoms with Gasteiger partial charge in [-0.3, -0.25) is 4.79 Å². The molecule has 0 unspecified atom stereocenters. The molecular formula is C11H16N4O4. The molecule has 1 aromatic heterocycles. The van der Waals surface area contributed by atoms with E-state index in [0.717, 1.165) is 0 Å². The summed E-state index contributed by atoms with van der Waals surface area (Å²) in [5, 5.41) is 12.0. The Balaban J connectivity index is 2.51. The molecule has 8 heteroatoms. The summed E-state index contributed by atoms with van der Waals surface area (Å²) in [6.45, 7) is 3.59. The van der Waals surface area contributed by atoms with Crippen LogP contribution in [0.15, 0.2) is 12.4 Å². The normalized spacial score (nSPS) is 10.9. The van der Waals surface area contributed by atoms with Gasteiger partial charge in [-0.1, -0.05) is 0 Å². The van der Waals surface area contributed by atoms with E-state index in [0.29, 0.717) is 13.0 Å². The fraction of sp³-hybridized carbons (Fsp3) is 0.455. The first-order chi connectivity index (χ1) is 8.78. The van der Waals surface area contributed by atoms with E-state index >= 15 is 0 Å². The zero-order valence-electron chi connectivity index (χ0n) is 10.7. The van der Waals surface area contributed by atoms with Crippen molar-refractivity contribution < 1.29 is 19.4 Å². The van der Waals surface area contributed by atoms with Crippen molar-refractivity contribution in [2.75, 3.05) is 6.54 Å². The van der Waals surface area contributed by atoms with Crippen molar-refractivity contribution in [1.29, 1.82) is 0 Å². The second kappa shape index (κ2) is 6.10. The second-order valence-electron chi connectivity index (χ2n) is 4.48. The lowest BCUT2D eigenvalue weighted by atomic mass is 10.1. The van der Waals surface area contributed by atoms with E-state index in [1.54, 1.807) is 13.8 Å². The molecule has 2 amide bonds. The third kappa shape index (κ3) is 5.77. The summed E-state index contributed by atoms with van der Waals surface area (Å²) < 4.78 is 4.52. The minimum absolute atomic E-state index is 0.0561. The van der Waals surface area contributed by atoms with Crippen LogP contribution in [0, 0.1) is 0 Å². The molecule has 8 nitrogen and oxygen atoms in total. The predicted molar refractivity (Wildman–Crippen MR) is 65.5 cm³/mol. The van der Waals surface area contributed by atoms with Crippen molar-refractivity contribution in [2.24, 2.45) is 5.73 Å². The molecule has 0 aromatic carbocycles. The first kappa shape index (κ1) is 14.8. The highest BCUT2D eigenvalue weighted by Crippen LogP contribution is 2.07. The molecule has 4 N–H and O–H groups in total. The molecule has 0 bridgehead atoms. The predicted octanol–water partition coefficient (Wildman–Crippen LogP) is -0.175. The van der Waals surface area contributed by atoms with E-state index < -0.39 is 17.6 Å². The highest BCUT2D eigenvalue weighted by atomic mass is 16.5. The fourth-order valence-electron chi connectivity index (χ4n) is 1.16. The zero-order chi connectivity index (χ0) is 14.5. The first-order valence-electron chi connectivity index (χ1n) is 5.58. The molecule has 19 heavy (non-hydrogen) atoms. The Labute approximate surface area is 110 Å². The minimum Gasteiger partial charge on any atom is -0.407 e.